The van der Waals surface area contributed by atoms with Crippen molar-refractivity contribution in [2.75, 3.05) is 31.1 Å². The minimum atomic E-state index is 0.0425. The van der Waals surface area contributed by atoms with Crippen LogP contribution in [0.3, 0.4) is 0 Å². The molecule has 0 aromatic carbocycles. The summed E-state index contributed by atoms with van der Waals surface area (Å²) in [4.78, 5) is 21.6. The van der Waals surface area contributed by atoms with Crippen LogP contribution in [0.4, 0.5) is 5.13 Å². The summed E-state index contributed by atoms with van der Waals surface area (Å²) in [7, 11) is 0. The molecule has 24 heavy (non-hydrogen) atoms. The molecule has 2 aromatic heterocycles. The Balaban J connectivity index is 1.29. The SMILES string of the molecule is O=C(c1onc2c1CCCC2)N1CC2CN(c3nccs3)CC2C1. The fourth-order valence-corrected chi connectivity index (χ4v) is 5.05. The van der Waals surface area contributed by atoms with Gasteiger partial charge in [0.05, 0.1) is 5.69 Å². The zero-order valence-electron chi connectivity index (χ0n) is 13.5. The van der Waals surface area contributed by atoms with Gasteiger partial charge in [-0.15, -0.1) is 11.3 Å². The van der Waals surface area contributed by atoms with E-state index in [0.29, 0.717) is 17.6 Å². The van der Waals surface area contributed by atoms with Gasteiger partial charge >= 0.3 is 0 Å². The van der Waals surface area contributed by atoms with E-state index < -0.39 is 0 Å². The summed E-state index contributed by atoms with van der Waals surface area (Å²) < 4.78 is 5.43. The lowest BCUT2D eigenvalue weighted by Crippen LogP contribution is -2.33. The molecule has 2 aromatic rings. The summed E-state index contributed by atoms with van der Waals surface area (Å²) in [6.07, 6.45) is 6.01. The van der Waals surface area contributed by atoms with E-state index in [0.717, 1.165) is 68.3 Å². The van der Waals surface area contributed by atoms with Gasteiger partial charge in [-0.25, -0.2) is 4.98 Å². The van der Waals surface area contributed by atoms with Crippen molar-refractivity contribution in [3.8, 4) is 0 Å². The van der Waals surface area contributed by atoms with Crippen LogP contribution >= 0.6 is 11.3 Å². The Bertz CT molecular complexity index is 743. The highest BCUT2D eigenvalue weighted by atomic mass is 32.1. The Kier molecular flexibility index (Phi) is 3.36. The van der Waals surface area contributed by atoms with Crippen molar-refractivity contribution in [1.29, 1.82) is 0 Å². The highest BCUT2D eigenvalue weighted by molar-refractivity contribution is 7.13. The van der Waals surface area contributed by atoms with Crippen LogP contribution in [0.15, 0.2) is 16.1 Å². The third-order valence-corrected chi connectivity index (χ3v) is 6.45. The molecule has 7 heteroatoms. The van der Waals surface area contributed by atoms with Crippen molar-refractivity contribution in [1.82, 2.24) is 15.0 Å². The minimum absolute atomic E-state index is 0.0425. The number of carbonyl (C=O) groups is 1. The number of anilines is 1. The van der Waals surface area contributed by atoms with Gasteiger partial charge in [-0.1, -0.05) is 5.16 Å². The minimum Gasteiger partial charge on any atom is -0.350 e. The summed E-state index contributed by atoms with van der Waals surface area (Å²) in [6.45, 7) is 3.63. The maximum Gasteiger partial charge on any atom is 0.292 e. The van der Waals surface area contributed by atoms with Gasteiger partial charge in [0.25, 0.3) is 5.91 Å². The van der Waals surface area contributed by atoms with Crippen LogP contribution in [-0.2, 0) is 12.8 Å². The van der Waals surface area contributed by atoms with Crippen LogP contribution < -0.4 is 4.90 Å². The molecule has 2 fully saturated rings. The third-order valence-electron chi connectivity index (χ3n) is 5.62. The number of rotatable bonds is 2. The van der Waals surface area contributed by atoms with Crippen LogP contribution in [0.5, 0.6) is 0 Å². The average molecular weight is 344 g/mol. The summed E-state index contributed by atoms with van der Waals surface area (Å²) in [5, 5.41) is 7.25. The predicted octanol–water partition coefficient (Wildman–Crippen LogP) is 2.22. The van der Waals surface area contributed by atoms with E-state index in [1.54, 1.807) is 11.3 Å². The van der Waals surface area contributed by atoms with Crippen LogP contribution in [0.25, 0.3) is 0 Å². The Morgan fingerprint density at radius 3 is 2.71 bits per heavy atom. The number of hydrogen-bond acceptors (Lipinski definition) is 6. The van der Waals surface area contributed by atoms with Gasteiger partial charge in [0, 0.05) is 55.2 Å². The average Bonchev–Trinajstić information content (AvgIpc) is 3.34. The standard InChI is InChI=1S/C17H20N4O2S/c22-16(15-13-3-1-2-4-14(13)19-23-15)20-7-11-9-21(10-12(11)8-20)17-18-5-6-24-17/h5-6,11-12H,1-4,7-10H2. The third kappa shape index (κ3) is 2.25. The first-order valence-electron chi connectivity index (χ1n) is 8.70. The molecule has 2 unspecified atom stereocenters. The van der Waals surface area contributed by atoms with E-state index in [4.69, 9.17) is 4.52 Å². The van der Waals surface area contributed by atoms with E-state index in [1.807, 2.05) is 16.5 Å². The molecule has 0 bridgehead atoms. The second kappa shape index (κ2) is 5.58. The number of aryl methyl sites for hydroxylation is 1. The zero-order valence-corrected chi connectivity index (χ0v) is 14.3. The lowest BCUT2D eigenvalue weighted by atomic mass is 9.96. The molecule has 0 spiro atoms. The van der Waals surface area contributed by atoms with Crippen molar-refractivity contribution < 1.29 is 9.32 Å². The molecule has 3 aliphatic rings. The largest absolute Gasteiger partial charge is 0.350 e. The van der Waals surface area contributed by atoms with E-state index >= 15 is 0 Å². The van der Waals surface area contributed by atoms with Gasteiger partial charge in [-0.2, -0.15) is 0 Å². The predicted molar refractivity (Wildman–Crippen MR) is 90.4 cm³/mol. The molecule has 1 amide bonds. The summed E-state index contributed by atoms with van der Waals surface area (Å²) in [6, 6.07) is 0. The molecule has 126 valence electrons. The highest BCUT2D eigenvalue weighted by Crippen LogP contribution is 2.36. The van der Waals surface area contributed by atoms with Crippen molar-refractivity contribution in [3.05, 3.63) is 28.6 Å². The van der Waals surface area contributed by atoms with Crippen LogP contribution in [-0.4, -0.2) is 47.1 Å². The van der Waals surface area contributed by atoms with E-state index in [-0.39, 0.29) is 5.91 Å². The molecule has 0 radical (unpaired) electrons. The topological polar surface area (TPSA) is 62.5 Å². The number of carbonyl (C=O) groups excluding carboxylic acids is 1. The number of thiazole rings is 1. The fraction of sp³-hybridized carbons (Fsp3) is 0.588. The normalized spacial score (nSPS) is 25.8. The van der Waals surface area contributed by atoms with Crippen molar-refractivity contribution in [2.24, 2.45) is 11.8 Å². The van der Waals surface area contributed by atoms with Gasteiger partial charge in [-0.3, -0.25) is 4.79 Å². The lowest BCUT2D eigenvalue weighted by Gasteiger charge is -2.21. The molecule has 5 rings (SSSR count). The van der Waals surface area contributed by atoms with Gasteiger partial charge in [0.2, 0.25) is 5.76 Å². The van der Waals surface area contributed by atoms with E-state index in [1.165, 1.54) is 0 Å². The maximum absolute atomic E-state index is 12.9. The second-order valence-corrected chi connectivity index (χ2v) is 7.97. The van der Waals surface area contributed by atoms with Crippen molar-refractivity contribution in [2.45, 2.75) is 25.7 Å². The summed E-state index contributed by atoms with van der Waals surface area (Å²) in [5.41, 5.74) is 2.06. The van der Waals surface area contributed by atoms with Gasteiger partial charge in [-0.05, 0) is 25.7 Å². The first-order valence-corrected chi connectivity index (χ1v) is 9.58. The Hall–Kier alpha value is -1.89. The van der Waals surface area contributed by atoms with Crippen LogP contribution in [0, 0.1) is 11.8 Å². The second-order valence-electron chi connectivity index (χ2n) is 7.09. The summed E-state index contributed by atoms with van der Waals surface area (Å²) in [5.74, 6) is 1.62. The van der Waals surface area contributed by atoms with Crippen LogP contribution in [0.1, 0.15) is 34.7 Å². The molecule has 6 nitrogen and oxygen atoms in total. The molecule has 2 aliphatic heterocycles. The quantitative estimate of drug-likeness (QED) is 0.836. The first kappa shape index (κ1) is 14.5. The summed E-state index contributed by atoms with van der Waals surface area (Å²) >= 11 is 1.69. The van der Waals surface area contributed by atoms with Crippen molar-refractivity contribution in [3.63, 3.8) is 0 Å². The van der Waals surface area contributed by atoms with Gasteiger partial charge in [0.1, 0.15) is 0 Å². The number of amides is 1. The smallest absolute Gasteiger partial charge is 0.292 e. The molecule has 2 saturated heterocycles. The fourth-order valence-electron chi connectivity index (χ4n) is 4.39. The molecular formula is C17H20N4O2S. The van der Waals surface area contributed by atoms with Gasteiger partial charge in [0.15, 0.2) is 5.13 Å². The first-order chi connectivity index (χ1) is 11.8. The number of hydrogen-bond donors (Lipinski definition) is 0. The Morgan fingerprint density at radius 1 is 1.17 bits per heavy atom. The number of likely N-dealkylation sites (tertiary alicyclic amines) is 1. The number of aromatic nitrogens is 2. The monoisotopic (exact) mass is 344 g/mol. The Labute approximate surface area is 144 Å². The molecule has 0 N–H and O–H groups in total. The molecule has 1 aliphatic carbocycles. The van der Waals surface area contributed by atoms with Crippen LogP contribution in [0.2, 0.25) is 0 Å². The highest BCUT2D eigenvalue weighted by Gasteiger charge is 2.43. The maximum atomic E-state index is 12.9. The molecule has 2 atom stereocenters. The lowest BCUT2D eigenvalue weighted by molar-refractivity contribution is 0.0739. The van der Waals surface area contributed by atoms with E-state index in [9.17, 15) is 4.79 Å². The number of nitrogens with zero attached hydrogens (tertiary/aromatic N) is 4. The zero-order chi connectivity index (χ0) is 16.1. The van der Waals surface area contributed by atoms with Gasteiger partial charge < -0.3 is 14.3 Å². The molecular weight excluding hydrogens is 324 g/mol. The number of fused-ring (bicyclic) bond motifs is 2. The molecule has 0 saturated carbocycles. The Morgan fingerprint density at radius 2 is 1.96 bits per heavy atom. The molecule has 4 heterocycles. The van der Waals surface area contributed by atoms with Crippen molar-refractivity contribution >= 4 is 22.4 Å². The van der Waals surface area contributed by atoms with E-state index in [2.05, 4.69) is 15.0 Å².